The smallest absolute Gasteiger partial charge is 0.270 e. The van der Waals surface area contributed by atoms with Gasteiger partial charge in [-0.1, -0.05) is 6.92 Å². The van der Waals surface area contributed by atoms with E-state index in [0.717, 1.165) is 12.6 Å². The lowest BCUT2D eigenvalue weighted by molar-refractivity contribution is -0.384. The summed E-state index contributed by atoms with van der Waals surface area (Å²) in [4.78, 5) is 22.2. The molecule has 1 saturated heterocycles. The number of nitriles is 1. The van der Waals surface area contributed by atoms with Crippen LogP contribution in [0.2, 0.25) is 0 Å². The number of benzene rings is 1. The van der Waals surface area contributed by atoms with Crippen molar-refractivity contribution in [2.45, 2.75) is 6.92 Å². The number of carbonyl (C=O) groups excluding carboxylic acids is 1. The minimum Gasteiger partial charge on any atom is -0.325 e. The highest BCUT2D eigenvalue weighted by Gasteiger charge is 2.30. The van der Waals surface area contributed by atoms with Gasteiger partial charge in [0.2, 0.25) is 5.91 Å². The van der Waals surface area contributed by atoms with E-state index in [-0.39, 0.29) is 29.0 Å². The van der Waals surface area contributed by atoms with Crippen molar-refractivity contribution in [3.05, 3.63) is 33.9 Å². The Bertz CT molecular complexity index is 594. The Morgan fingerprint density at radius 3 is 2.85 bits per heavy atom. The summed E-state index contributed by atoms with van der Waals surface area (Å²) in [7, 11) is 0. The number of nitrogens with zero attached hydrogens (tertiary/aromatic N) is 2. The first-order chi connectivity index (χ1) is 9.52. The first-order valence-corrected chi connectivity index (χ1v) is 6.23. The van der Waals surface area contributed by atoms with Gasteiger partial charge in [-0.15, -0.1) is 0 Å². The Morgan fingerprint density at radius 2 is 2.30 bits per heavy atom. The van der Waals surface area contributed by atoms with Gasteiger partial charge >= 0.3 is 0 Å². The molecule has 2 rings (SSSR count). The fraction of sp³-hybridized carbons (Fsp3) is 0.385. The van der Waals surface area contributed by atoms with Gasteiger partial charge in [0, 0.05) is 18.7 Å². The molecule has 0 aliphatic carbocycles. The molecule has 20 heavy (non-hydrogen) atoms. The predicted octanol–water partition coefficient (Wildman–Crippen LogP) is 1.26. The quantitative estimate of drug-likeness (QED) is 0.637. The van der Waals surface area contributed by atoms with Gasteiger partial charge in [0.15, 0.2) is 0 Å². The van der Waals surface area contributed by atoms with E-state index in [0.29, 0.717) is 12.2 Å². The van der Waals surface area contributed by atoms with E-state index in [2.05, 4.69) is 10.6 Å². The van der Waals surface area contributed by atoms with Crippen molar-refractivity contribution in [2.75, 3.05) is 18.4 Å². The summed E-state index contributed by atoms with van der Waals surface area (Å²) in [6.45, 7) is 3.36. The SMILES string of the molecule is CC1CNCC1C(=O)Nc1ccc([N+](=O)[O-])cc1C#N. The van der Waals surface area contributed by atoms with E-state index in [1.54, 1.807) is 0 Å². The van der Waals surface area contributed by atoms with Crippen LogP contribution in [-0.2, 0) is 4.79 Å². The molecule has 1 aromatic carbocycles. The molecule has 1 fully saturated rings. The van der Waals surface area contributed by atoms with E-state index in [4.69, 9.17) is 5.26 Å². The van der Waals surface area contributed by atoms with Crippen molar-refractivity contribution in [1.29, 1.82) is 5.26 Å². The molecule has 1 heterocycles. The molecule has 0 saturated carbocycles. The van der Waals surface area contributed by atoms with Gasteiger partial charge in [-0.3, -0.25) is 14.9 Å². The number of amides is 1. The van der Waals surface area contributed by atoms with Crippen LogP contribution < -0.4 is 10.6 Å². The second kappa shape index (κ2) is 5.67. The number of nitro benzene ring substituents is 1. The summed E-state index contributed by atoms with van der Waals surface area (Å²) in [5.74, 6) is -0.108. The van der Waals surface area contributed by atoms with Crippen LogP contribution in [0.1, 0.15) is 12.5 Å². The van der Waals surface area contributed by atoms with E-state index in [9.17, 15) is 14.9 Å². The Balaban J connectivity index is 2.19. The lowest BCUT2D eigenvalue weighted by atomic mass is 9.97. The Hall–Kier alpha value is -2.46. The number of rotatable bonds is 3. The van der Waals surface area contributed by atoms with Crippen LogP contribution in [0.25, 0.3) is 0 Å². The number of hydrogen-bond acceptors (Lipinski definition) is 5. The highest BCUT2D eigenvalue weighted by atomic mass is 16.6. The molecule has 1 amide bonds. The Labute approximate surface area is 115 Å². The van der Waals surface area contributed by atoms with Crippen molar-refractivity contribution in [2.24, 2.45) is 11.8 Å². The zero-order valence-corrected chi connectivity index (χ0v) is 10.9. The maximum atomic E-state index is 12.1. The molecule has 1 aromatic rings. The lowest BCUT2D eigenvalue weighted by Crippen LogP contribution is -2.28. The minimum absolute atomic E-state index is 0.0890. The Morgan fingerprint density at radius 1 is 1.55 bits per heavy atom. The van der Waals surface area contributed by atoms with Crippen LogP contribution in [0.5, 0.6) is 0 Å². The number of carbonyl (C=O) groups is 1. The van der Waals surface area contributed by atoms with E-state index < -0.39 is 4.92 Å². The summed E-state index contributed by atoms with van der Waals surface area (Å²) in [5, 5.41) is 25.5. The van der Waals surface area contributed by atoms with Crippen LogP contribution in [0.4, 0.5) is 11.4 Å². The van der Waals surface area contributed by atoms with Crippen molar-refractivity contribution < 1.29 is 9.72 Å². The van der Waals surface area contributed by atoms with Crippen LogP contribution >= 0.6 is 0 Å². The topological polar surface area (TPSA) is 108 Å². The summed E-state index contributed by atoms with van der Waals surface area (Å²) in [5.41, 5.74) is 0.226. The van der Waals surface area contributed by atoms with Crippen LogP contribution in [0.3, 0.4) is 0 Å². The van der Waals surface area contributed by atoms with Gasteiger partial charge in [0.05, 0.1) is 22.1 Å². The highest BCUT2D eigenvalue weighted by Crippen LogP contribution is 2.23. The van der Waals surface area contributed by atoms with Crippen molar-refractivity contribution in [1.82, 2.24) is 5.32 Å². The fourth-order valence-electron chi connectivity index (χ4n) is 2.23. The molecule has 0 bridgehead atoms. The molecule has 1 aliphatic rings. The molecule has 0 spiro atoms. The number of hydrogen-bond donors (Lipinski definition) is 2. The number of nitro groups is 1. The molecule has 0 radical (unpaired) electrons. The third kappa shape index (κ3) is 2.75. The van der Waals surface area contributed by atoms with Crippen LogP contribution in [-0.4, -0.2) is 23.9 Å². The van der Waals surface area contributed by atoms with Gasteiger partial charge in [0.25, 0.3) is 5.69 Å². The first-order valence-electron chi connectivity index (χ1n) is 6.23. The molecule has 7 heteroatoms. The number of anilines is 1. The second-order valence-electron chi connectivity index (χ2n) is 4.83. The highest BCUT2D eigenvalue weighted by molar-refractivity contribution is 5.94. The second-order valence-corrected chi connectivity index (χ2v) is 4.83. The van der Waals surface area contributed by atoms with E-state index >= 15 is 0 Å². The molecule has 2 atom stereocenters. The molecular formula is C13H14N4O3. The maximum absolute atomic E-state index is 12.1. The molecule has 2 unspecified atom stereocenters. The van der Waals surface area contributed by atoms with E-state index in [1.807, 2.05) is 13.0 Å². The number of nitrogens with one attached hydrogen (secondary N) is 2. The molecular weight excluding hydrogens is 260 g/mol. The van der Waals surface area contributed by atoms with Crippen molar-refractivity contribution in [3.63, 3.8) is 0 Å². The predicted molar refractivity (Wildman–Crippen MR) is 72.0 cm³/mol. The average molecular weight is 274 g/mol. The standard InChI is InChI=1S/C13H14N4O3/c1-8-6-15-7-11(8)13(18)16-12-3-2-10(17(19)20)4-9(12)5-14/h2-4,8,11,15H,6-7H2,1H3,(H,16,18). The van der Waals surface area contributed by atoms with Crippen molar-refractivity contribution >= 4 is 17.3 Å². The van der Waals surface area contributed by atoms with Gasteiger partial charge < -0.3 is 10.6 Å². The molecule has 1 aliphatic heterocycles. The fourth-order valence-corrected chi connectivity index (χ4v) is 2.23. The zero-order valence-electron chi connectivity index (χ0n) is 10.9. The average Bonchev–Trinajstić information content (AvgIpc) is 2.85. The third-order valence-electron chi connectivity index (χ3n) is 3.45. The summed E-state index contributed by atoms with van der Waals surface area (Å²) >= 11 is 0. The molecule has 7 nitrogen and oxygen atoms in total. The molecule has 0 aromatic heterocycles. The van der Waals surface area contributed by atoms with Gasteiger partial charge in [-0.05, 0) is 18.5 Å². The monoisotopic (exact) mass is 274 g/mol. The van der Waals surface area contributed by atoms with Crippen molar-refractivity contribution in [3.8, 4) is 6.07 Å². The summed E-state index contributed by atoms with van der Waals surface area (Å²) in [6, 6.07) is 5.68. The lowest BCUT2D eigenvalue weighted by Gasteiger charge is -2.14. The number of non-ortho nitro benzene ring substituents is 1. The normalized spacial score (nSPS) is 21.2. The van der Waals surface area contributed by atoms with E-state index in [1.165, 1.54) is 12.1 Å². The van der Waals surface area contributed by atoms with Crippen LogP contribution in [0, 0.1) is 33.3 Å². The van der Waals surface area contributed by atoms with Crippen LogP contribution in [0.15, 0.2) is 18.2 Å². The van der Waals surface area contributed by atoms with Gasteiger partial charge in [-0.25, -0.2) is 0 Å². The largest absolute Gasteiger partial charge is 0.325 e. The first kappa shape index (κ1) is 14.0. The Kier molecular flexibility index (Phi) is 3.96. The zero-order chi connectivity index (χ0) is 14.7. The third-order valence-corrected chi connectivity index (χ3v) is 3.45. The summed E-state index contributed by atoms with van der Waals surface area (Å²) in [6.07, 6.45) is 0. The maximum Gasteiger partial charge on any atom is 0.270 e. The van der Waals surface area contributed by atoms with Gasteiger partial charge in [0.1, 0.15) is 6.07 Å². The summed E-state index contributed by atoms with van der Waals surface area (Å²) < 4.78 is 0. The molecule has 2 N–H and O–H groups in total. The van der Waals surface area contributed by atoms with Gasteiger partial charge in [-0.2, -0.15) is 5.26 Å². The minimum atomic E-state index is -0.574. The molecule has 104 valence electrons.